The molecule has 1 atom stereocenters. The van der Waals surface area contributed by atoms with Gasteiger partial charge in [0.15, 0.2) is 0 Å². The minimum atomic E-state index is -3.43. The standard InChI is InChI=1S/C13H22N2O3S2/c1-10-13(8-12(9-14)19-10)20(16,17)15-6-5-11-4-2-3-7-18-11/h8,11,15H,2-7,9,14H2,1H3. The maximum atomic E-state index is 12.2. The first kappa shape index (κ1) is 15.9. The first-order valence-corrected chi connectivity index (χ1v) is 9.23. The lowest BCUT2D eigenvalue weighted by Gasteiger charge is -2.22. The molecule has 1 fully saturated rings. The van der Waals surface area contributed by atoms with Gasteiger partial charge in [-0.05, 0) is 38.7 Å². The molecule has 0 saturated carbocycles. The van der Waals surface area contributed by atoms with E-state index in [-0.39, 0.29) is 6.10 Å². The molecule has 0 aliphatic carbocycles. The molecule has 5 nitrogen and oxygen atoms in total. The SMILES string of the molecule is Cc1sc(CN)cc1S(=O)(=O)NCCC1CCCCO1. The Morgan fingerprint density at radius 1 is 1.50 bits per heavy atom. The van der Waals surface area contributed by atoms with Crippen molar-refractivity contribution >= 4 is 21.4 Å². The predicted molar refractivity (Wildman–Crippen MR) is 80.3 cm³/mol. The Morgan fingerprint density at radius 2 is 2.30 bits per heavy atom. The average molecular weight is 318 g/mol. The number of rotatable bonds is 6. The maximum Gasteiger partial charge on any atom is 0.241 e. The van der Waals surface area contributed by atoms with Gasteiger partial charge in [0.1, 0.15) is 0 Å². The highest BCUT2D eigenvalue weighted by molar-refractivity contribution is 7.89. The zero-order valence-corrected chi connectivity index (χ0v) is 13.4. The van der Waals surface area contributed by atoms with Crippen LogP contribution in [0.5, 0.6) is 0 Å². The van der Waals surface area contributed by atoms with E-state index in [4.69, 9.17) is 10.5 Å². The molecule has 1 aliphatic rings. The Balaban J connectivity index is 1.91. The second-order valence-electron chi connectivity index (χ2n) is 5.01. The van der Waals surface area contributed by atoms with Gasteiger partial charge in [-0.2, -0.15) is 0 Å². The van der Waals surface area contributed by atoms with E-state index in [2.05, 4.69) is 4.72 Å². The number of thiophene rings is 1. The molecule has 2 rings (SSSR count). The number of sulfonamides is 1. The maximum absolute atomic E-state index is 12.2. The minimum absolute atomic E-state index is 0.189. The molecule has 0 aromatic carbocycles. The van der Waals surface area contributed by atoms with E-state index >= 15 is 0 Å². The lowest BCUT2D eigenvalue weighted by molar-refractivity contribution is 0.0123. The van der Waals surface area contributed by atoms with Crippen molar-refractivity contribution < 1.29 is 13.2 Å². The summed E-state index contributed by atoms with van der Waals surface area (Å²) in [5, 5.41) is 0. The molecule has 0 bridgehead atoms. The average Bonchev–Trinajstić information content (AvgIpc) is 2.82. The zero-order chi connectivity index (χ0) is 14.6. The monoisotopic (exact) mass is 318 g/mol. The molecule has 1 unspecified atom stereocenters. The van der Waals surface area contributed by atoms with Crippen LogP contribution in [0.2, 0.25) is 0 Å². The van der Waals surface area contributed by atoms with Crippen molar-refractivity contribution in [2.45, 2.75) is 50.2 Å². The van der Waals surface area contributed by atoms with Gasteiger partial charge in [0.25, 0.3) is 0 Å². The van der Waals surface area contributed by atoms with Gasteiger partial charge < -0.3 is 10.5 Å². The Labute approximate surface area is 124 Å². The zero-order valence-electron chi connectivity index (χ0n) is 11.7. The van der Waals surface area contributed by atoms with Gasteiger partial charge in [-0.25, -0.2) is 13.1 Å². The molecule has 1 aromatic rings. The van der Waals surface area contributed by atoms with Crippen molar-refractivity contribution in [1.29, 1.82) is 0 Å². The molecule has 0 radical (unpaired) electrons. The number of nitrogens with one attached hydrogen (secondary N) is 1. The summed E-state index contributed by atoms with van der Waals surface area (Å²) in [4.78, 5) is 2.03. The first-order chi connectivity index (χ1) is 9.53. The molecule has 7 heteroatoms. The minimum Gasteiger partial charge on any atom is -0.378 e. The number of ether oxygens (including phenoxy) is 1. The van der Waals surface area contributed by atoms with Crippen LogP contribution >= 0.6 is 11.3 Å². The van der Waals surface area contributed by atoms with E-state index < -0.39 is 10.0 Å². The fourth-order valence-electron chi connectivity index (χ4n) is 2.36. The summed E-state index contributed by atoms with van der Waals surface area (Å²) in [5.41, 5.74) is 5.55. The summed E-state index contributed by atoms with van der Waals surface area (Å²) >= 11 is 1.43. The van der Waals surface area contributed by atoms with Crippen LogP contribution < -0.4 is 10.5 Å². The molecule has 114 valence electrons. The molecular formula is C13H22N2O3S2. The largest absolute Gasteiger partial charge is 0.378 e. The van der Waals surface area contributed by atoms with Crippen molar-refractivity contribution in [2.24, 2.45) is 5.73 Å². The second kappa shape index (κ2) is 7.00. The van der Waals surface area contributed by atoms with Crippen LogP contribution in [0.1, 0.15) is 35.4 Å². The normalized spacial score (nSPS) is 20.2. The van der Waals surface area contributed by atoms with Crippen molar-refractivity contribution in [1.82, 2.24) is 4.72 Å². The third-order valence-corrected chi connectivity index (χ3v) is 6.24. The highest BCUT2D eigenvalue weighted by Crippen LogP contribution is 2.25. The Kier molecular flexibility index (Phi) is 5.57. The van der Waals surface area contributed by atoms with Gasteiger partial charge in [0, 0.05) is 29.5 Å². The second-order valence-corrected chi connectivity index (χ2v) is 8.09. The summed E-state index contributed by atoms with van der Waals surface area (Å²) in [6.45, 7) is 3.39. The Morgan fingerprint density at radius 3 is 2.90 bits per heavy atom. The van der Waals surface area contributed by atoms with E-state index in [1.54, 1.807) is 6.07 Å². The quantitative estimate of drug-likeness (QED) is 0.837. The predicted octanol–water partition coefficient (Wildman–Crippen LogP) is 1.75. The highest BCUT2D eigenvalue weighted by Gasteiger charge is 2.20. The molecule has 1 aliphatic heterocycles. The highest BCUT2D eigenvalue weighted by atomic mass is 32.2. The number of aryl methyl sites for hydroxylation is 1. The van der Waals surface area contributed by atoms with Crippen molar-refractivity contribution in [3.63, 3.8) is 0 Å². The fraction of sp³-hybridized carbons (Fsp3) is 0.692. The Hall–Kier alpha value is -0.470. The summed E-state index contributed by atoms with van der Waals surface area (Å²) in [6, 6.07) is 1.67. The van der Waals surface area contributed by atoms with Crippen molar-refractivity contribution in [2.75, 3.05) is 13.2 Å². The molecule has 0 amide bonds. The van der Waals surface area contributed by atoms with E-state index in [9.17, 15) is 8.42 Å². The summed E-state index contributed by atoms with van der Waals surface area (Å²) in [7, 11) is -3.43. The van der Waals surface area contributed by atoms with Crippen LogP contribution in [0.15, 0.2) is 11.0 Å². The lowest BCUT2D eigenvalue weighted by atomic mass is 10.1. The fourth-order valence-corrected chi connectivity index (χ4v) is 4.92. The molecule has 1 saturated heterocycles. The van der Waals surface area contributed by atoms with E-state index in [1.165, 1.54) is 17.8 Å². The third kappa shape index (κ3) is 4.02. The number of nitrogens with two attached hydrogens (primary N) is 1. The number of hydrogen-bond acceptors (Lipinski definition) is 5. The topological polar surface area (TPSA) is 81.4 Å². The van der Waals surface area contributed by atoms with Crippen LogP contribution in [-0.2, 0) is 21.3 Å². The van der Waals surface area contributed by atoms with Crippen molar-refractivity contribution in [3.05, 3.63) is 15.8 Å². The van der Waals surface area contributed by atoms with E-state index in [1.807, 2.05) is 6.92 Å². The first-order valence-electron chi connectivity index (χ1n) is 6.93. The van der Waals surface area contributed by atoms with Gasteiger partial charge in [-0.1, -0.05) is 0 Å². The third-order valence-electron chi connectivity index (χ3n) is 3.45. The molecule has 2 heterocycles. The van der Waals surface area contributed by atoms with Crippen LogP contribution in [-0.4, -0.2) is 27.7 Å². The molecule has 0 spiro atoms. The van der Waals surface area contributed by atoms with Crippen LogP contribution in [0.3, 0.4) is 0 Å². The molecule has 1 aromatic heterocycles. The van der Waals surface area contributed by atoms with Gasteiger partial charge in [0.2, 0.25) is 10.0 Å². The van der Waals surface area contributed by atoms with Gasteiger partial charge in [-0.15, -0.1) is 11.3 Å². The summed E-state index contributed by atoms with van der Waals surface area (Å²) in [6.07, 6.45) is 4.22. The van der Waals surface area contributed by atoms with Crippen LogP contribution in [0.25, 0.3) is 0 Å². The summed E-state index contributed by atoms with van der Waals surface area (Å²) < 4.78 is 32.7. The van der Waals surface area contributed by atoms with Gasteiger partial charge in [-0.3, -0.25) is 0 Å². The van der Waals surface area contributed by atoms with Crippen LogP contribution in [0, 0.1) is 6.92 Å². The lowest BCUT2D eigenvalue weighted by Crippen LogP contribution is -2.29. The smallest absolute Gasteiger partial charge is 0.241 e. The van der Waals surface area contributed by atoms with Gasteiger partial charge in [0.05, 0.1) is 11.0 Å². The van der Waals surface area contributed by atoms with Crippen LogP contribution in [0.4, 0.5) is 0 Å². The van der Waals surface area contributed by atoms with E-state index in [0.717, 1.165) is 35.6 Å². The number of hydrogen-bond donors (Lipinski definition) is 2. The molecular weight excluding hydrogens is 296 g/mol. The molecule has 20 heavy (non-hydrogen) atoms. The van der Waals surface area contributed by atoms with Gasteiger partial charge >= 0.3 is 0 Å². The Bertz CT molecular complexity index is 534. The van der Waals surface area contributed by atoms with Crippen molar-refractivity contribution in [3.8, 4) is 0 Å². The summed E-state index contributed by atoms with van der Waals surface area (Å²) in [5.74, 6) is 0. The van der Waals surface area contributed by atoms with E-state index in [0.29, 0.717) is 18.0 Å². The molecule has 3 N–H and O–H groups in total.